The lowest BCUT2D eigenvalue weighted by Crippen LogP contribution is -2.33. The van der Waals surface area contributed by atoms with E-state index in [-0.39, 0.29) is 30.5 Å². The zero-order valence-electron chi connectivity index (χ0n) is 17.2. The normalized spacial score (nSPS) is 16.0. The second kappa shape index (κ2) is 9.34. The topological polar surface area (TPSA) is 75.2 Å². The molecule has 3 heterocycles. The molecule has 3 aromatic rings. The van der Waals surface area contributed by atoms with E-state index in [4.69, 9.17) is 0 Å². The molecule has 1 aliphatic rings. The summed E-state index contributed by atoms with van der Waals surface area (Å²) >= 11 is 1.60. The summed E-state index contributed by atoms with van der Waals surface area (Å²) in [4.78, 5) is 34.9. The minimum absolute atomic E-state index is 0.0981. The van der Waals surface area contributed by atoms with Crippen LogP contribution in [0.2, 0.25) is 0 Å². The van der Waals surface area contributed by atoms with Crippen LogP contribution in [0, 0.1) is 18.7 Å². The number of benzene rings is 1. The van der Waals surface area contributed by atoms with Gasteiger partial charge in [-0.15, -0.1) is 11.3 Å². The first kappa shape index (κ1) is 21.1. The van der Waals surface area contributed by atoms with Gasteiger partial charge in [0.2, 0.25) is 11.8 Å². The molecule has 31 heavy (non-hydrogen) atoms. The molecule has 2 aromatic heterocycles. The first-order valence-corrected chi connectivity index (χ1v) is 11.1. The molecule has 8 heteroatoms. The van der Waals surface area contributed by atoms with Gasteiger partial charge in [-0.25, -0.2) is 9.37 Å². The van der Waals surface area contributed by atoms with Crippen LogP contribution in [0.5, 0.6) is 0 Å². The lowest BCUT2D eigenvalue weighted by Gasteiger charge is -2.17. The number of rotatable bonds is 7. The maximum atomic E-state index is 14.2. The molecule has 0 aliphatic carbocycles. The Balaban J connectivity index is 1.25. The molecular weight excluding hydrogens is 415 g/mol. The minimum Gasteiger partial charge on any atom is -0.356 e. The first-order valence-electron chi connectivity index (χ1n) is 10.2. The minimum atomic E-state index is -0.466. The molecule has 4 rings (SSSR count). The van der Waals surface area contributed by atoms with Gasteiger partial charge in [-0.3, -0.25) is 14.6 Å². The number of carbonyl (C=O) groups is 2. The third-order valence-electron chi connectivity index (χ3n) is 5.28. The van der Waals surface area contributed by atoms with Crippen LogP contribution in [0.15, 0.2) is 48.1 Å². The van der Waals surface area contributed by atoms with Gasteiger partial charge in [0.15, 0.2) is 0 Å². The van der Waals surface area contributed by atoms with Crippen LogP contribution in [0.4, 0.5) is 10.1 Å². The number of hydrogen-bond donors (Lipinski definition) is 1. The van der Waals surface area contributed by atoms with E-state index >= 15 is 0 Å². The van der Waals surface area contributed by atoms with E-state index in [0.29, 0.717) is 6.54 Å². The molecule has 160 valence electrons. The van der Waals surface area contributed by atoms with Gasteiger partial charge in [-0.2, -0.15) is 0 Å². The van der Waals surface area contributed by atoms with Gasteiger partial charge in [0.05, 0.1) is 22.3 Å². The van der Waals surface area contributed by atoms with Crippen LogP contribution in [0.3, 0.4) is 0 Å². The maximum Gasteiger partial charge on any atom is 0.227 e. The van der Waals surface area contributed by atoms with Crippen LogP contribution < -0.4 is 10.2 Å². The van der Waals surface area contributed by atoms with Crippen molar-refractivity contribution in [1.29, 1.82) is 0 Å². The number of amides is 2. The van der Waals surface area contributed by atoms with Crippen molar-refractivity contribution in [3.05, 3.63) is 64.5 Å². The molecule has 0 radical (unpaired) electrons. The van der Waals surface area contributed by atoms with Crippen molar-refractivity contribution in [1.82, 2.24) is 15.3 Å². The summed E-state index contributed by atoms with van der Waals surface area (Å²) in [7, 11) is 0. The highest BCUT2D eigenvalue weighted by Gasteiger charge is 2.36. The van der Waals surface area contributed by atoms with Gasteiger partial charge in [0.25, 0.3) is 0 Å². The second-order valence-electron chi connectivity index (χ2n) is 7.62. The zero-order chi connectivity index (χ0) is 21.8. The van der Waals surface area contributed by atoms with Gasteiger partial charge >= 0.3 is 0 Å². The highest BCUT2D eigenvalue weighted by atomic mass is 32.1. The number of aromatic nitrogens is 2. The van der Waals surface area contributed by atoms with Crippen LogP contribution in [0.25, 0.3) is 11.3 Å². The maximum absolute atomic E-state index is 14.2. The number of thiazole rings is 1. The number of carbonyl (C=O) groups excluding carboxylic acids is 2. The number of halogens is 1. The predicted molar refractivity (Wildman–Crippen MR) is 118 cm³/mol. The van der Waals surface area contributed by atoms with Crippen LogP contribution in [0.1, 0.15) is 23.4 Å². The highest BCUT2D eigenvalue weighted by molar-refractivity contribution is 7.09. The fourth-order valence-corrected chi connectivity index (χ4v) is 4.47. The van der Waals surface area contributed by atoms with Crippen molar-refractivity contribution in [2.75, 3.05) is 18.0 Å². The summed E-state index contributed by atoms with van der Waals surface area (Å²) in [5.41, 5.74) is 2.99. The molecule has 0 bridgehead atoms. The van der Waals surface area contributed by atoms with E-state index in [2.05, 4.69) is 15.3 Å². The monoisotopic (exact) mass is 438 g/mol. The third kappa shape index (κ3) is 4.96. The van der Waals surface area contributed by atoms with Crippen molar-refractivity contribution in [2.24, 2.45) is 5.92 Å². The van der Waals surface area contributed by atoms with Gasteiger partial charge in [0, 0.05) is 49.3 Å². The SMILES string of the molecule is Cc1ccc(N2CC(C(=O)NCCCc3nc(-c4ccncc4)cs3)CC2=O)c(F)c1. The zero-order valence-corrected chi connectivity index (χ0v) is 18.0. The molecule has 6 nitrogen and oxygen atoms in total. The number of anilines is 1. The van der Waals surface area contributed by atoms with E-state index in [9.17, 15) is 14.0 Å². The summed E-state index contributed by atoms with van der Waals surface area (Å²) in [6.07, 6.45) is 5.10. The Labute approximate surface area is 184 Å². The molecule has 1 fully saturated rings. The Morgan fingerprint density at radius 2 is 2.10 bits per heavy atom. The summed E-state index contributed by atoms with van der Waals surface area (Å²) in [5, 5.41) is 5.94. The molecule has 1 atom stereocenters. The van der Waals surface area contributed by atoms with Gasteiger partial charge < -0.3 is 10.2 Å². The molecule has 1 unspecified atom stereocenters. The van der Waals surface area contributed by atoms with Crippen molar-refractivity contribution in [2.45, 2.75) is 26.2 Å². The molecule has 1 aromatic carbocycles. The average molecular weight is 439 g/mol. The smallest absolute Gasteiger partial charge is 0.227 e. The Kier molecular flexibility index (Phi) is 6.36. The highest BCUT2D eigenvalue weighted by Crippen LogP contribution is 2.28. The molecule has 1 aliphatic heterocycles. The largest absolute Gasteiger partial charge is 0.356 e. The lowest BCUT2D eigenvalue weighted by molar-refractivity contribution is -0.126. The summed E-state index contributed by atoms with van der Waals surface area (Å²) in [6, 6.07) is 8.60. The van der Waals surface area contributed by atoms with Crippen LogP contribution >= 0.6 is 11.3 Å². The summed E-state index contributed by atoms with van der Waals surface area (Å²) < 4.78 is 14.2. The Hall–Kier alpha value is -3.13. The summed E-state index contributed by atoms with van der Waals surface area (Å²) in [6.45, 7) is 2.50. The van der Waals surface area contributed by atoms with Gasteiger partial charge in [-0.05, 0) is 43.2 Å². The van der Waals surface area contributed by atoms with Crippen molar-refractivity contribution in [3.8, 4) is 11.3 Å². The van der Waals surface area contributed by atoms with Crippen molar-refractivity contribution >= 4 is 28.8 Å². The fourth-order valence-electron chi connectivity index (χ4n) is 3.62. The number of nitrogens with one attached hydrogen (secondary N) is 1. The summed E-state index contributed by atoms with van der Waals surface area (Å²) in [5.74, 6) is -1.30. The fraction of sp³-hybridized carbons (Fsp3) is 0.304. The number of aryl methyl sites for hydroxylation is 2. The standard InChI is InChI=1S/C23H23FN4O2S/c1-15-4-5-20(18(24)11-15)28-13-17(12-22(28)29)23(30)26-8-2-3-21-27-19(14-31-21)16-6-9-25-10-7-16/h4-7,9-11,14,17H,2-3,8,12-13H2,1H3,(H,26,30). The molecule has 1 saturated heterocycles. The van der Waals surface area contributed by atoms with Crippen LogP contribution in [-0.4, -0.2) is 34.9 Å². The van der Waals surface area contributed by atoms with Crippen molar-refractivity contribution in [3.63, 3.8) is 0 Å². The third-order valence-corrected chi connectivity index (χ3v) is 6.19. The molecule has 0 saturated carbocycles. The van der Waals surface area contributed by atoms with Gasteiger partial charge in [-0.1, -0.05) is 6.07 Å². The Bertz CT molecular complexity index is 1090. The van der Waals surface area contributed by atoms with E-state index in [1.165, 1.54) is 11.0 Å². The lowest BCUT2D eigenvalue weighted by atomic mass is 10.1. The Morgan fingerprint density at radius 1 is 1.29 bits per heavy atom. The number of pyridine rings is 1. The number of hydrogen-bond acceptors (Lipinski definition) is 5. The molecule has 0 spiro atoms. The second-order valence-corrected chi connectivity index (χ2v) is 8.56. The quantitative estimate of drug-likeness (QED) is 0.570. The van der Waals surface area contributed by atoms with Gasteiger partial charge in [0.1, 0.15) is 5.82 Å². The molecule has 2 amide bonds. The molecular formula is C23H23FN4O2S. The first-order chi connectivity index (χ1) is 15.0. The number of nitrogens with zero attached hydrogens (tertiary/aromatic N) is 3. The van der Waals surface area contributed by atoms with E-state index in [1.54, 1.807) is 42.8 Å². The van der Waals surface area contributed by atoms with E-state index < -0.39 is 11.7 Å². The average Bonchev–Trinajstić information content (AvgIpc) is 3.39. The van der Waals surface area contributed by atoms with Crippen molar-refractivity contribution < 1.29 is 14.0 Å². The predicted octanol–water partition coefficient (Wildman–Crippen LogP) is 3.75. The molecule has 1 N–H and O–H groups in total. The van der Waals surface area contributed by atoms with E-state index in [1.807, 2.05) is 17.5 Å². The van der Waals surface area contributed by atoms with E-state index in [0.717, 1.165) is 34.7 Å². The Morgan fingerprint density at radius 3 is 2.87 bits per heavy atom. The van der Waals surface area contributed by atoms with Crippen LogP contribution in [-0.2, 0) is 16.0 Å².